The molecular weight excluding hydrogens is 248 g/mol. The van der Waals surface area contributed by atoms with E-state index in [0.717, 1.165) is 30.1 Å². The number of hydrogen-bond acceptors (Lipinski definition) is 3. The molecule has 2 rings (SSSR count). The van der Waals surface area contributed by atoms with Crippen molar-refractivity contribution in [1.82, 2.24) is 10.2 Å². The summed E-state index contributed by atoms with van der Waals surface area (Å²) in [4.78, 5) is 2.42. The molecule has 3 heteroatoms. The molecule has 1 aliphatic rings. The van der Waals surface area contributed by atoms with Crippen molar-refractivity contribution < 1.29 is 5.11 Å². The number of nitrogens with one attached hydrogen (secondary N) is 1. The van der Waals surface area contributed by atoms with Crippen molar-refractivity contribution in [2.75, 3.05) is 26.7 Å². The number of benzene rings is 1. The van der Waals surface area contributed by atoms with Gasteiger partial charge in [0.05, 0.1) is 0 Å². The van der Waals surface area contributed by atoms with Crippen LogP contribution in [0.1, 0.15) is 36.0 Å². The first-order valence-corrected chi connectivity index (χ1v) is 7.74. The lowest BCUT2D eigenvalue weighted by atomic mass is 9.94. The summed E-state index contributed by atoms with van der Waals surface area (Å²) in [5, 5.41) is 13.3. The third-order valence-corrected chi connectivity index (χ3v) is 4.45. The predicted molar refractivity (Wildman–Crippen MR) is 84.1 cm³/mol. The third kappa shape index (κ3) is 4.22. The van der Waals surface area contributed by atoms with Gasteiger partial charge in [-0.05, 0) is 82.4 Å². The quantitative estimate of drug-likeness (QED) is 0.812. The fourth-order valence-electron chi connectivity index (χ4n) is 3.04. The molecular formula is C17H28N2O. The Kier molecular flexibility index (Phi) is 5.44. The maximum Gasteiger partial charge on any atom is 0.121 e. The monoisotopic (exact) mass is 276 g/mol. The molecule has 0 radical (unpaired) electrons. The molecule has 0 aliphatic carbocycles. The summed E-state index contributed by atoms with van der Waals surface area (Å²) in [6, 6.07) is 4.15. The highest BCUT2D eigenvalue weighted by atomic mass is 16.3. The molecule has 112 valence electrons. The smallest absolute Gasteiger partial charge is 0.121 e. The largest absolute Gasteiger partial charge is 0.507 e. The average molecular weight is 276 g/mol. The average Bonchev–Trinajstić information content (AvgIpc) is 2.43. The van der Waals surface area contributed by atoms with E-state index in [1.807, 2.05) is 13.8 Å². The second-order valence-corrected chi connectivity index (χ2v) is 6.29. The molecule has 0 spiro atoms. The molecule has 1 aromatic rings. The Labute approximate surface area is 123 Å². The van der Waals surface area contributed by atoms with Gasteiger partial charge in [0.15, 0.2) is 0 Å². The summed E-state index contributed by atoms with van der Waals surface area (Å²) in [6.45, 7) is 8.42. The molecule has 0 unspecified atom stereocenters. The van der Waals surface area contributed by atoms with Crippen LogP contribution in [0.5, 0.6) is 5.75 Å². The fourth-order valence-corrected chi connectivity index (χ4v) is 3.04. The summed E-state index contributed by atoms with van der Waals surface area (Å²) >= 11 is 0. The summed E-state index contributed by atoms with van der Waals surface area (Å²) in [5.74, 6) is 1.32. The summed E-state index contributed by atoms with van der Waals surface area (Å²) in [7, 11) is 2.21. The zero-order chi connectivity index (χ0) is 14.5. The summed E-state index contributed by atoms with van der Waals surface area (Å²) in [6.07, 6.45) is 3.97. The van der Waals surface area contributed by atoms with Gasteiger partial charge in [-0.2, -0.15) is 0 Å². The molecule has 1 fully saturated rings. The molecule has 0 atom stereocenters. The first-order valence-electron chi connectivity index (χ1n) is 7.74. The Hall–Kier alpha value is -1.06. The van der Waals surface area contributed by atoms with Crippen LogP contribution in [0.15, 0.2) is 12.1 Å². The first-order chi connectivity index (χ1) is 9.56. The van der Waals surface area contributed by atoms with Crippen LogP contribution < -0.4 is 5.32 Å². The van der Waals surface area contributed by atoms with Crippen molar-refractivity contribution in [3.8, 4) is 5.75 Å². The lowest BCUT2D eigenvalue weighted by Gasteiger charge is -2.28. The number of phenols is 1. The minimum Gasteiger partial charge on any atom is -0.507 e. The van der Waals surface area contributed by atoms with E-state index in [9.17, 15) is 5.11 Å². The first kappa shape index (κ1) is 15.3. The van der Waals surface area contributed by atoms with Gasteiger partial charge in [0.25, 0.3) is 0 Å². The molecule has 2 N–H and O–H groups in total. The SMILES string of the molecule is Cc1cc(CNCCC2CCN(C)CC2)cc(C)c1O. The van der Waals surface area contributed by atoms with Gasteiger partial charge < -0.3 is 15.3 Å². The van der Waals surface area contributed by atoms with Gasteiger partial charge in [-0.15, -0.1) is 0 Å². The van der Waals surface area contributed by atoms with Crippen LogP contribution in [0.2, 0.25) is 0 Å². The number of hydrogen-bond donors (Lipinski definition) is 2. The van der Waals surface area contributed by atoms with E-state index >= 15 is 0 Å². The van der Waals surface area contributed by atoms with Gasteiger partial charge in [0.1, 0.15) is 5.75 Å². The molecule has 0 aromatic heterocycles. The van der Waals surface area contributed by atoms with Gasteiger partial charge in [0, 0.05) is 6.54 Å². The number of rotatable bonds is 5. The van der Waals surface area contributed by atoms with Crippen LogP contribution in [0.4, 0.5) is 0 Å². The Morgan fingerprint density at radius 1 is 1.20 bits per heavy atom. The normalized spacial score (nSPS) is 17.6. The molecule has 1 aromatic carbocycles. The van der Waals surface area contributed by atoms with Crippen molar-refractivity contribution in [3.05, 3.63) is 28.8 Å². The van der Waals surface area contributed by atoms with E-state index in [0.29, 0.717) is 5.75 Å². The lowest BCUT2D eigenvalue weighted by Crippen LogP contribution is -2.31. The summed E-state index contributed by atoms with van der Waals surface area (Å²) < 4.78 is 0. The van der Waals surface area contributed by atoms with Crippen LogP contribution in [-0.2, 0) is 6.54 Å². The highest BCUT2D eigenvalue weighted by Gasteiger charge is 2.15. The van der Waals surface area contributed by atoms with Crippen molar-refractivity contribution in [1.29, 1.82) is 0 Å². The second kappa shape index (κ2) is 7.09. The van der Waals surface area contributed by atoms with Crippen LogP contribution in [0.25, 0.3) is 0 Å². The van der Waals surface area contributed by atoms with Crippen LogP contribution in [0.3, 0.4) is 0 Å². The Morgan fingerprint density at radius 3 is 2.40 bits per heavy atom. The molecule has 1 heterocycles. The van der Waals surface area contributed by atoms with Gasteiger partial charge in [-0.1, -0.05) is 12.1 Å². The lowest BCUT2D eigenvalue weighted by molar-refractivity contribution is 0.211. The van der Waals surface area contributed by atoms with Crippen molar-refractivity contribution in [3.63, 3.8) is 0 Å². The second-order valence-electron chi connectivity index (χ2n) is 6.29. The zero-order valence-corrected chi connectivity index (χ0v) is 13.1. The molecule has 3 nitrogen and oxygen atoms in total. The van der Waals surface area contributed by atoms with E-state index < -0.39 is 0 Å². The molecule has 0 saturated carbocycles. The minimum atomic E-state index is 0.431. The van der Waals surface area contributed by atoms with E-state index in [4.69, 9.17) is 0 Å². The zero-order valence-electron chi connectivity index (χ0n) is 13.1. The van der Waals surface area contributed by atoms with Gasteiger partial charge in [-0.3, -0.25) is 0 Å². The van der Waals surface area contributed by atoms with Gasteiger partial charge in [-0.25, -0.2) is 0 Å². The molecule has 1 saturated heterocycles. The van der Waals surface area contributed by atoms with E-state index in [1.165, 1.54) is 37.9 Å². The Morgan fingerprint density at radius 2 is 1.80 bits per heavy atom. The van der Waals surface area contributed by atoms with Crippen molar-refractivity contribution in [2.45, 2.75) is 39.7 Å². The topological polar surface area (TPSA) is 35.5 Å². The maximum atomic E-state index is 9.77. The fraction of sp³-hybridized carbons (Fsp3) is 0.647. The predicted octanol–water partition coefficient (Wildman–Crippen LogP) is 2.83. The van der Waals surface area contributed by atoms with Crippen molar-refractivity contribution >= 4 is 0 Å². The van der Waals surface area contributed by atoms with E-state index in [1.54, 1.807) is 0 Å². The van der Waals surface area contributed by atoms with Crippen LogP contribution in [-0.4, -0.2) is 36.7 Å². The number of aromatic hydroxyl groups is 1. The summed E-state index contributed by atoms with van der Waals surface area (Å²) in [5.41, 5.74) is 3.20. The highest BCUT2D eigenvalue weighted by Crippen LogP contribution is 2.23. The standard InChI is InChI=1S/C17H28N2O/c1-13-10-16(11-14(2)17(13)20)12-18-7-4-15-5-8-19(3)9-6-15/h10-11,15,18,20H,4-9,12H2,1-3H3. The minimum absolute atomic E-state index is 0.431. The Balaban J connectivity index is 1.71. The third-order valence-electron chi connectivity index (χ3n) is 4.45. The van der Waals surface area contributed by atoms with E-state index in [2.05, 4.69) is 29.4 Å². The Bertz CT molecular complexity index is 414. The molecule has 0 amide bonds. The van der Waals surface area contributed by atoms with E-state index in [-0.39, 0.29) is 0 Å². The number of aryl methyl sites for hydroxylation is 2. The maximum absolute atomic E-state index is 9.77. The number of nitrogens with zero attached hydrogens (tertiary/aromatic N) is 1. The number of likely N-dealkylation sites (tertiary alicyclic amines) is 1. The van der Waals surface area contributed by atoms with Gasteiger partial charge in [0.2, 0.25) is 0 Å². The van der Waals surface area contributed by atoms with Crippen LogP contribution in [0, 0.1) is 19.8 Å². The van der Waals surface area contributed by atoms with Gasteiger partial charge >= 0.3 is 0 Å². The number of piperidine rings is 1. The molecule has 0 bridgehead atoms. The highest BCUT2D eigenvalue weighted by molar-refractivity contribution is 5.42. The van der Waals surface area contributed by atoms with Crippen LogP contribution >= 0.6 is 0 Å². The molecule has 1 aliphatic heterocycles. The molecule has 20 heavy (non-hydrogen) atoms. The number of phenolic OH excluding ortho intramolecular Hbond substituents is 1. The van der Waals surface area contributed by atoms with Crippen molar-refractivity contribution in [2.24, 2.45) is 5.92 Å².